The first-order chi connectivity index (χ1) is 30.2. The molecule has 0 radical (unpaired) electrons. The van der Waals surface area contributed by atoms with Crippen LogP contribution in [0.15, 0.2) is 79.4 Å². The second kappa shape index (κ2) is 23.3. The molecule has 0 amide bonds. The fourth-order valence-electron chi connectivity index (χ4n) is 7.06. The van der Waals surface area contributed by atoms with Gasteiger partial charge in [-0.15, -0.1) is 20.5 Å². The van der Waals surface area contributed by atoms with E-state index < -0.39 is 5.82 Å². The molecule has 2 aromatic heterocycles. The van der Waals surface area contributed by atoms with Gasteiger partial charge >= 0.3 is 0 Å². The Kier molecular flexibility index (Phi) is 17.4. The van der Waals surface area contributed by atoms with Crippen molar-refractivity contribution in [1.29, 1.82) is 0 Å². The van der Waals surface area contributed by atoms with Crippen molar-refractivity contribution in [3.05, 3.63) is 127 Å². The number of ether oxygens (including phenoxy) is 4. The van der Waals surface area contributed by atoms with Crippen molar-refractivity contribution in [1.82, 2.24) is 24.8 Å². The number of hydrogen-bond donors (Lipinski definition) is 5. The van der Waals surface area contributed by atoms with Crippen LogP contribution >= 0.6 is 11.6 Å². The van der Waals surface area contributed by atoms with Crippen LogP contribution in [0.1, 0.15) is 28.7 Å². The summed E-state index contributed by atoms with van der Waals surface area (Å²) in [6.45, 7) is 4.83. The molecule has 7 rings (SSSR count). The minimum absolute atomic E-state index is 0.0221. The number of morpholine rings is 1. The van der Waals surface area contributed by atoms with Gasteiger partial charge in [-0.2, -0.15) is 9.97 Å². The highest BCUT2D eigenvalue weighted by molar-refractivity contribution is 6.30. The molecule has 1 aliphatic rings. The number of fused-ring (bicyclic) bond motifs is 2. The molecule has 14 nitrogen and oxygen atoms in total. The lowest BCUT2D eigenvalue weighted by atomic mass is 9.99. The highest BCUT2D eigenvalue weighted by Crippen LogP contribution is 2.29. The van der Waals surface area contributed by atoms with Crippen molar-refractivity contribution in [3.8, 4) is 18.1 Å². The van der Waals surface area contributed by atoms with Crippen LogP contribution in [-0.2, 0) is 33.7 Å². The second-order valence-electron chi connectivity index (χ2n) is 14.3. The third-order valence-corrected chi connectivity index (χ3v) is 10.6. The van der Waals surface area contributed by atoms with Crippen molar-refractivity contribution in [2.45, 2.75) is 25.9 Å². The lowest BCUT2D eigenvalue weighted by Gasteiger charge is -2.26. The Morgan fingerprint density at radius 2 is 1.39 bits per heavy atom. The Morgan fingerprint density at radius 1 is 0.774 bits per heavy atom. The van der Waals surface area contributed by atoms with Gasteiger partial charge in [0, 0.05) is 49.0 Å². The zero-order chi connectivity index (χ0) is 43.8. The average molecular weight is 868 g/mol. The quantitative estimate of drug-likeness (QED) is 0.0368. The number of nitrogens with one attached hydrogen (secondary N) is 2. The maximum absolute atomic E-state index is 13.6. The van der Waals surface area contributed by atoms with E-state index in [0.717, 1.165) is 88.7 Å². The highest BCUT2D eigenvalue weighted by Gasteiger charge is 2.19. The summed E-state index contributed by atoms with van der Waals surface area (Å²) in [5.74, 6) is 4.07. The zero-order valence-corrected chi connectivity index (χ0v) is 35.1. The van der Waals surface area contributed by atoms with E-state index in [-0.39, 0.29) is 25.2 Å². The predicted molar refractivity (Wildman–Crippen MR) is 233 cm³/mol. The van der Waals surface area contributed by atoms with Gasteiger partial charge in [-0.1, -0.05) is 23.6 Å². The van der Waals surface area contributed by atoms with Crippen LogP contribution in [0.2, 0.25) is 5.02 Å². The molecule has 4 aromatic carbocycles. The van der Waals surface area contributed by atoms with Gasteiger partial charge in [0.15, 0.2) is 0 Å². The van der Waals surface area contributed by atoms with Crippen molar-refractivity contribution in [3.63, 3.8) is 0 Å². The Hall–Kier alpha value is -5.22. The summed E-state index contributed by atoms with van der Waals surface area (Å²) in [4.78, 5) is 21.4. The first kappa shape index (κ1) is 46.3. The number of rotatable bonds is 18. The summed E-state index contributed by atoms with van der Waals surface area (Å²) >= 11 is 5.95. The third kappa shape index (κ3) is 12.0. The van der Waals surface area contributed by atoms with E-state index >= 15 is 0 Å². The van der Waals surface area contributed by atoms with Crippen molar-refractivity contribution < 1.29 is 48.5 Å². The van der Waals surface area contributed by atoms with Crippen LogP contribution < -0.4 is 14.5 Å². The minimum atomic E-state index is -0.490. The predicted octanol–water partition coefficient (Wildman–Crippen LogP) is 3.92. The first-order valence-corrected chi connectivity index (χ1v) is 20.5. The topological polar surface area (TPSA) is 161 Å². The minimum Gasteiger partial charge on any atom is -0.493 e. The van der Waals surface area contributed by atoms with Gasteiger partial charge in [-0.25, -0.2) is 14.4 Å². The molecule has 16 heteroatoms. The fourth-order valence-corrected chi connectivity index (χ4v) is 7.24. The van der Waals surface area contributed by atoms with E-state index in [2.05, 4.69) is 44.9 Å². The van der Waals surface area contributed by atoms with Crippen LogP contribution in [0.5, 0.6) is 5.75 Å². The number of nitrogens with zero attached hydrogens (tertiary/aromatic N) is 5. The summed E-state index contributed by atoms with van der Waals surface area (Å²) in [6.07, 6.45) is 10.6. The molecule has 1 aliphatic heterocycles. The summed E-state index contributed by atoms with van der Waals surface area (Å²) in [7, 11) is 8.38. The molecular weight excluding hydrogens is 817 g/mol. The number of benzene rings is 4. The standard InChI is InChI=1S/C23H26ClFN4O3.C23H25N3O4/c1-28(17-3-4-20(25)19(24)12-17)23-18-13-22(16(14-30)11-21(18)26-15-27-23)32-8-2-5-29-6-9-31-10-7-29;1-3-17-5-4-6-20(11-17)26(2)23-21-12-18(7-9-29-15-27)19(8-10-30-16-28)13-22(21)24-14-25-23/h3-4,11-13,15,28,30H,1-2,5-10,14H2;1,4-6,11-14,26-28H,2,7-10,15-16H2. The number of hydrogen-bond acceptors (Lipinski definition) is 12. The number of aliphatic hydroxyl groups excluding tert-OH is 3. The summed E-state index contributed by atoms with van der Waals surface area (Å²) in [5.41, 5.74) is 6.53. The number of aromatic nitrogens is 4. The Bertz CT molecular complexity index is 2450. The summed E-state index contributed by atoms with van der Waals surface area (Å²) in [6, 6.07) is 19.7. The first-order valence-electron chi connectivity index (χ1n) is 20.1. The van der Waals surface area contributed by atoms with Crippen LogP contribution in [0.25, 0.3) is 21.8 Å². The molecule has 1 fully saturated rings. The number of aliphatic hydroxyl groups is 3. The van der Waals surface area contributed by atoms with Gasteiger partial charge in [-0.3, -0.25) is 4.90 Å². The zero-order valence-electron chi connectivity index (χ0n) is 34.4. The van der Waals surface area contributed by atoms with Crippen LogP contribution in [0.3, 0.4) is 0 Å². The van der Waals surface area contributed by atoms with Crippen LogP contribution in [0, 0.1) is 32.3 Å². The molecule has 6 aromatic rings. The van der Waals surface area contributed by atoms with Gasteiger partial charge < -0.3 is 44.1 Å². The van der Waals surface area contributed by atoms with Crippen LogP contribution in [-0.4, -0.2) is 106 Å². The van der Waals surface area contributed by atoms with Gasteiger partial charge in [0.25, 0.3) is 0 Å². The van der Waals surface area contributed by atoms with Crippen LogP contribution in [0.4, 0.5) is 27.4 Å². The molecule has 2 unspecified atom stereocenters. The number of halogens is 2. The largest absolute Gasteiger partial charge is 0.493 e. The van der Waals surface area contributed by atoms with E-state index in [1.165, 1.54) is 24.8 Å². The van der Waals surface area contributed by atoms with E-state index in [9.17, 15) is 9.50 Å². The fraction of sp³-hybridized carbons (Fsp3) is 0.304. The number of terminal acetylenes is 1. The maximum atomic E-state index is 13.6. The molecule has 5 N–H and O–H groups in total. The Labute approximate surface area is 365 Å². The van der Waals surface area contributed by atoms with E-state index in [1.807, 2.05) is 42.5 Å². The molecule has 62 heavy (non-hydrogen) atoms. The van der Waals surface area contributed by atoms with Crippen molar-refractivity contribution in [2.24, 2.45) is 0 Å². The van der Waals surface area contributed by atoms with Gasteiger partial charge in [-0.05, 0) is 72.9 Å². The molecule has 0 spiro atoms. The molecule has 2 atom stereocenters. The normalized spacial score (nSPS) is 14.0. The lowest BCUT2D eigenvalue weighted by molar-refractivity contribution is -0.707. The molecule has 0 bridgehead atoms. The van der Waals surface area contributed by atoms with Gasteiger partial charge in [0.1, 0.15) is 49.2 Å². The molecule has 1 saturated heterocycles. The lowest BCUT2D eigenvalue weighted by Crippen LogP contribution is -2.96. The van der Waals surface area contributed by atoms with E-state index in [1.54, 1.807) is 12.1 Å². The van der Waals surface area contributed by atoms with Crippen molar-refractivity contribution in [2.75, 3.05) is 66.3 Å². The van der Waals surface area contributed by atoms with Gasteiger partial charge in [0.2, 0.25) is 11.6 Å². The monoisotopic (exact) mass is 867 g/mol. The summed E-state index contributed by atoms with van der Waals surface area (Å²) in [5, 5.41) is 29.3. The molecule has 0 saturated carbocycles. The maximum Gasteiger partial charge on any atom is 0.215 e. The van der Waals surface area contributed by atoms with E-state index in [0.29, 0.717) is 65.9 Å². The molecule has 3 heterocycles. The third-order valence-electron chi connectivity index (χ3n) is 10.4. The number of quaternary nitrogens is 2. The second-order valence-corrected chi connectivity index (χ2v) is 14.7. The van der Waals surface area contributed by atoms with Gasteiger partial charge in [0.05, 0.1) is 66.5 Å². The summed E-state index contributed by atoms with van der Waals surface area (Å²) < 4.78 is 35.2. The average Bonchev–Trinajstić information content (AvgIpc) is 3.31. The van der Waals surface area contributed by atoms with E-state index in [4.69, 9.17) is 47.2 Å². The molecule has 0 aliphatic carbocycles. The Balaban J connectivity index is 0.000000207. The highest BCUT2D eigenvalue weighted by atomic mass is 35.5. The SMILES string of the molecule is C#Cc1cccc([NH+]([CH2-])c2ncnc3cc(CCOCO)c(CCOCO)cc23)c1.[CH2-][NH+](c1ccc(F)c(Cl)c1)c1ncnc2cc(CO)c(OCCCN3CCOCC3)cc12. The molecular formula is C46H51ClFN7O7. The Morgan fingerprint density at radius 3 is 2.00 bits per heavy atom. The molecule has 326 valence electrons. The smallest absolute Gasteiger partial charge is 0.215 e. The van der Waals surface area contributed by atoms with Crippen molar-refractivity contribution >= 4 is 56.4 Å².